The summed E-state index contributed by atoms with van der Waals surface area (Å²) in [5.74, 6) is 1.91. The van der Waals surface area contributed by atoms with E-state index in [4.69, 9.17) is 0 Å². The van der Waals surface area contributed by atoms with Crippen molar-refractivity contribution in [2.75, 3.05) is 19.6 Å². The molecule has 2 unspecified atom stereocenters. The molecule has 0 spiro atoms. The Bertz CT molecular complexity index is 274. The lowest BCUT2D eigenvalue weighted by atomic mass is 9.80. The monoisotopic (exact) mass is 266 g/mol. The van der Waals surface area contributed by atoms with Crippen molar-refractivity contribution in [3.63, 3.8) is 0 Å². The van der Waals surface area contributed by atoms with Crippen LogP contribution >= 0.6 is 0 Å². The molecule has 1 amide bonds. The van der Waals surface area contributed by atoms with E-state index < -0.39 is 0 Å². The van der Waals surface area contributed by atoms with Gasteiger partial charge in [0.25, 0.3) is 0 Å². The van der Waals surface area contributed by atoms with Crippen LogP contribution in [0.25, 0.3) is 0 Å². The van der Waals surface area contributed by atoms with E-state index in [1.807, 2.05) is 0 Å². The number of amides is 1. The van der Waals surface area contributed by atoms with Gasteiger partial charge >= 0.3 is 0 Å². The van der Waals surface area contributed by atoms with Crippen molar-refractivity contribution < 1.29 is 4.79 Å². The summed E-state index contributed by atoms with van der Waals surface area (Å²) < 4.78 is 0. The van der Waals surface area contributed by atoms with E-state index in [-0.39, 0.29) is 0 Å². The van der Waals surface area contributed by atoms with Gasteiger partial charge in [0.2, 0.25) is 5.91 Å². The first kappa shape index (κ1) is 14.8. The lowest BCUT2D eigenvalue weighted by molar-refractivity contribution is -0.130. The predicted octanol–water partition coefficient (Wildman–Crippen LogP) is 2.80. The summed E-state index contributed by atoms with van der Waals surface area (Å²) in [5.41, 5.74) is 0. The molecule has 1 saturated heterocycles. The SMILES string of the molecule is CC1CC(C)CC(NCC(=O)N2CCCCCC2)C1. The molecule has 1 N–H and O–H groups in total. The fraction of sp³-hybridized carbons (Fsp3) is 0.938. The number of hydrogen-bond donors (Lipinski definition) is 1. The summed E-state index contributed by atoms with van der Waals surface area (Å²) >= 11 is 0. The summed E-state index contributed by atoms with van der Waals surface area (Å²) in [6, 6.07) is 0.551. The van der Waals surface area contributed by atoms with Crippen LogP contribution in [0.3, 0.4) is 0 Å². The van der Waals surface area contributed by atoms with E-state index >= 15 is 0 Å². The van der Waals surface area contributed by atoms with Crippen molar-refractivity contribution in [3.05, 3.63) is 0 Å². The second kappa shape index (κ2) is 7.28. The molecule has 1 heterocycles. The second-order valence-corrected chi connectivity index (χ2v) is 6.79. The molecule has 0 aromatic heterocycles. The number of carbonyl (C=O) groups excluding carboxylic acids is 1. The van der Waals surface area contributed by atoms with Crippen LogP contribution in [0.15, 0.2) is 0 Å². The molecule has 1 aliphatic heterocycles. The van der Waals surface area contributed by atoms with Crippen LogP contribution in [-0.4, -0.2) is 36.5 Å². The molecule has 110 valence electrons. The van der Waals surface area contributed by atoms with Gasteiger partial charge in [0.05, 0.1) is 6.54 Å². The molecular weight excluding hydrogens is 236 g/mol. The van der Waals surface area contributed by atoms with Gasteiger partial charge in [-0.1, -0.05) is 26.7 Å². The Morgan fingerprint density at radius 3 is 2.16 bits per heavy atom. The Morgan fingerprint density at radius 1 is 1.00 bits per heavy atom. The van der Waals surface area contributed by atoms with Gasteiger partial charge in [-0.2, -0.15) is 0 Å². The second-order valence-electron chi connectivity index (χ2n) is 6.79. The first-order valence-corrected chi connectivity index (χ1v) is 8.16. The minimum atomic E-state index is 0.313. The molecule has 3 heteroatoms. The molecule has 0 aromatic rings. The van der Waals surface area contributed by atoms with E-state index in [2.05, 4.69) is 24.1 Å². The molecule has 2 rings (SSSR count). The first-order valence-electron chi connectivity index (χ1n) is 8.16. The number of nitrogens with one attached hydrogen (secondary N) is 1. The highest BCUT2D eigenvalue weighted by Crippen LogP contribution is 2.28. The van der Waals surface area contributed by atoms with E-state index in [9.17, 15) is 4.79 Å². The van der Waals surface area contributed by atoms with Crippen LogP contribution in [0.2, 0.25) is 0 Å². The predicted molar refractivity (Wildman–Crippen MR) is 79.0 cm³/mol. The number of rotatable bonds is 3. The summed E-state index contributed by atoms with van der Waals surface area (Å²) in [6.07, 6.45) is 8.75. The molecule has 1 aliphatic carbocycles. The van der Waals surface area contributed by atoms with Gasteiger partial charge in [0.15, 0.2) is 0 Å². The Morgan fingerprint density at radius 2 is 1.58 bits per heavy atom. The molecule has 2 fully saturated rings. The molecule has 0 bridgehead atoms. The fourth-order valence-corrected chi connectivity index (χ4v) is 3.78. The maximum Gasteiger partial charge on any atom is 0.236 e. The molecular formula is C16H30N2O. The van der Waals surface area contributed by atoms with Gasteiger partial charge in [-0.3, -0.25) is 4.79 Å². The van der Waals surface area contributed by atoms with E-state index in [1.54, 1.807) is 0 Å². The minimum absolute atomic E-state index is 0.313. The van der Waals surface area contributed by atoms with Crippen molar-refractivity contribution in [3.8, 4) is 0 Å². The molecule has 3 nitrogen and oxygen atoms in total. The van der Waals surface area contributed by atoms with Crippen molar-refractivity contribution in [1.29, 1.82) is 0 Å². The fourth-order valence-electron chi connectivity index (χ4n) is 3.78. The summed E-state index contributed by atoms with van der Waals surface area (Å²) in [6.45, 7) is 7.15. The van der Waals surface area contributed by atoms with Crippen LogP contribution in [0.5, 0.6) is 0 Å². The highest BCUT2D eigenvalue weighted by atomic mass is 16.2. The standard InChI is InChI=1S/C16H30N2O/c1-13-9-14(2)11-15(10-13)17-12-16(19)18-7-5-3-4-6-8-18/h13-15,17H,3-12H2,1-2H3. The van der Waals surface area contributed by atoms with Crippen LogP contribution < -0.4 is 5.32 Å². The maximum atomic E-state index is 12.2. The van der Waals surface area contributed by atoms with Crippen LogP contribution in [-0.2, 0) is 4.79 Å². The van der Waals surface area contributed by atoms with Crippen molar-refractivity contribution in [1.82, 2.24) is 10.2 Å². The van der Waals surface area contributed by atoms with E-state index in [0.29, 0.717) is 18.5 Å². The van der Waals surface area contributed by atoms with Gasteiger partial charge in [-0.05, 0) is 43.9 Å². The number of likely N-dealkylation sites (tertiary alicyclic amines) is 1. The van der Waals surface area contributed by atoms with E-state index in [1.165, 1.54) is 44.9 Å². The van der Waals surface area contributed by atoms with Crippen molar-refractivity contribution in [2.24, 2.45) is 11.8 Å². The zero-order chi connectivity index (χ0) is 13.7. The first-order chi connectivity index (χ1) is 9.15. The summed E-state index contributed by atoms with van der Waals surface area (Å²) in [5, 5.41) is 3.51. The largest absolute Gasteiger partial charge is 0.342 e. The molecule has 1 saturated carbocycles. The minimum Gasteiger partial charge on any atom is -0.342 e. The van der Waals surface area contributed by atoms with Gasteiger partial charge in [0.1, 0.15) is 0 Å². The summed E-state index contributed by atoms with van der Waals surface area (Å²) in [7, 11) is 0. The van der Waals surface area contributed by atoms with Gasteiger partial charge in [-0.15, -0.1) is 0 Å². The van der Waals surface area contributed by atoms with Gasteiger partial charge in [0, 0.05) is 19.1 Å². The number of nitrogens with zero attached hydrogens (tertiary/aromatic N) is 1. The zero-order valence-corrected chi connectivity index (χ0v) is 12.7. The average molecular weight is 266 g/mol. The van der Waals surface area contributed by atoms with Gasteiger partial charge < -0.3 is 10.2 Å². The topological polar surface area (TPSA) is 32.3 Å². The Hall–Kier alpha value is -0.570. The zero-order valence-electron chi connectivity index (χ0n) is 12.7. The maximum absolute atomic E-state index is 12.2. The lowest BCUT2D eigenvalue weighted by Crippen LogP contribution is -2.44. The van der Waals surface area contributed by atoms with Crippen LogP contribution in [0, 0.1) is 11.8 Å². The molecule has 2 atom stereocenters. The molecule has 2 aliphatic rings. The Kier molecular flexibility index (Phi) is 5.68. The molecule has 19 heavy (non-hydrogen) atoms. The van der Waals surface area contributed by atoms with Crippen molar-refractivity contribution in [2.45, 2.75) is 64.8 Å². The van der Waals surface area contributed by atoms with Gasteiger partial charge in [-0.25, -0.2) is 0 Å². The Balaban J connectivity index is 1.73. The van der Waals surface area contributed by atoms with E-state index in [0.717, 1.165) is 24.9 Å². The number of hydrogen-bond acceptors (Lipinski definition) is 2. The van der Waals surface area contributed by atoms with Crippen molar-refractivity contribution >= 4 is 5.91 Å². The highest BCUT2D eigenvalue weighted by Gasteiger charge is 2.24. The Labute approximate surface area is 118 Å². The normalized spacial score (nSPS) is 32.9. The van der Waals surface area contributed by atoms with Crippen LogP contribution in [0.4, 0.5) is 0 Å². The highest BCUT2D eigenvalue weighted by molar-refractivity contribution is 5.78. The van der Waals surface area contributed by atoms with Crippen LogP contribution in [0.1, 0.15) is 58.8 Å². The average Bonchev–Trinajstić information content (AvgIpc) is 2.63. The molecule has 0 aromatic carbocycles. The lowest BCUT2D eigenvalue weighted by Gasteiger charge is -2.32. The summed E-state index contributed by atoms with van der Waals surface area (Å²) in [4.78, 5) is 14.3. The third-order valence-corrected chi connectivity index (χ3v) is 4.68. The quantitative estimate of drug-likeness (QED) is 0.852. The number of carbonyl (C=O) groups is 1. The molecule has 0 radical (unpaired) electrons. The third-order valence-electron chi connectivity index (χ3n) is 4.68. The smallest absolute Gasteiger partial charge is 0.236 e. The third kappa shape index (κ3) is 4.79.